The number of methoxy groups -OCH3 is 1. The van der Waals surface area contributed by atoms with Gasteiger partial charge in [0.15, 0.2) is 5.78 Å². The highest BCUT2D eigenvalue weighted by Crippen LogP contribution is 2.55. The Labute approximate surface area is 152 Å². The van der Waals surface area contributed by atoms with Crippen LogP contribution in [0.5, 0.6) is 0 Å². The molecule has 26 heavy (non-hydrogen) atoms. The molecule has 3 aliphatic heterocycles. The van der Waals surface area contributed by atoms with Crippen LogP contribution >= 0.6 is 0 Å². The summed E-state index contributed by atoms with van der Waals surface area (Å²) in [6.07, 6.45) is 2.85. The molecule has 1 aliphatic carbocycles. The number of rotatable bonds is 2. The van der Waals surface area contributed by atoms with Gasteiger partial charge in [0, 0.05) is 34.7 Å². The molecule has 0 spiro atoms. The van der Waals surface area contributed by atoms with Crippen molar-refractivity contribution < 1.29 is 14.3 Å². The van der Waals surface area contributed by atoms with E-state index >= 15 is 0 Å². The number of piperidine rings is 2. The number of fused-ring (bicyclic) bond motifs is 4. The Balaban J connectivity index is 1.81. The van der Waals surface area contributed by atoms with E-state index in [0.29, 0.717) is 23.9 Å². The number of aromatic nitrogens is 1. The summed E-state index contributed by atoms with van der Waals surface area (Å²) in [6.45, 7) is 3.54. The fraction of sp³-hybridized carbons (Fsp3) is 0.524. The number of para-hydroxylation sites is 1. The first-order valence-electron chi connectivity index (χ1n) is 9.57. The summed E-state index contributed by atoms with van der Waals surface area (Å²) in [4.78, 5) is 32.1. The maximum atomic E-state index is 13.2. The topological polar surface area (TPSA) is 62.4 Å². The molecular weight excluding hydrogens is 328 g/mol. The molecule has 1 N–H and O–H groups in total. The van der Waals surface area contributed by atoms with E-state index in [0.717, 1.165) is 42.4 Å². The summed E-state index contributed by atoms with van der Waals surface area (Å²) in [5, 5.41) is 0.924. The van der Waals surface area contributed by atoms with Crippen molar-refractivity contribution in [2.45, 2.75) is 37.6 Å². The van der Waals surface area contributed by atoms with Crippen LogP contribution in [0.2, 0.25) is 0 Å². The predicted octanol–water partition coefficient (Wildman–Crippen LogP) is 2.90. The molecule has 1 aromatic carbocycles. The van der Waals surface area contributed by atoms with E-state index in [9.17, 15) is 9.59 Å². The van der Waals surface area contributed by atoms with E-state index in [1.807, 2.05) is 24.3 Å². The molecule has 2 aromatic rings. The standard InChI is InChI=1S/C21H24N2O3/c1-3-12-8-17-21(20(25)26-2)9-13(12)10-23(17)11-16(24)18-14-6-4-5-7-15(14)22-19(18)21/h4-7,12-13,17,22H,3,8-11H2,1-2H3. The van der Waals surface area contributed by atoms with Crippen LogP contribution < -0.4 is 0 Å². The molecule has 2 saturated heterocycles. The first-order chi connectivity index (χ1) is 12.6. The van der Waals surface area contributed by atoms with Gasteiger partial charge in [0.2, 0.25) is 0 Å². The van der Waals surface area contributed by atoms with Crippen molar-refractivity contribution in [2.24, 2.45) is 11.8 Å². The first kappa shape index (κ1) is 16.1. The SMILES string of the molecule is CCC1CC2N3CC(=O)c4c([nH]c5ccccc45)C2(C(=O)OC)CC1C3. The molecule has 4 aliphatic rings. The Bertz CT molecular complexity index is 917. The van der Waals surface area contributed by atoms with Gasteiger partial charge in [-0.2, -0.15) is 0 Å². The Hall–Kier alpha value is -2.14. The Morgan fingerprint density at radius 1 is 1.38 bits per heavy atom. The molecule has 0 radical (unpaired) electrons. The maximum Gasteiger partial charge on any atom is 0.319 e. The maximum absolute atomic E-state index is 13.2. The van der Waals surface area contributed by atoms with Gasteiger partial charge >= 0.3 is 5.97 Å². The Morgan fingerprint density at radius 2 is 2.19 bits per heavy atom. The summed E-state index contributed by atoms with van der Waals surface area (Å²) in [6, 6.07) is 7.90. The minimum absolute atomic E-state index is 0.0307. The molecule has 3 fully saturated rings. The third-order valence-electron chi connectivity index (χ3n) is 7.11. The Kier molecular flexibility index (Phi) is 3.35. The zero-order chi connectivity index (χ0) is 18.1. The minimum atomic E-state index is -0.760. The highest BCUT2D eigenvalue weighted by atomic mass is 16.5. The average Bonchev–Trinajstić information content (AvgIpc) is 3.04. The van der Waals surface area contributed by atoms with E-state index in [1.165, 1.54) is 7.11 Å². The zero-order valence-electron chi connectivity index (χ0n) is 15.2. The van der Waals surface area contributed by atoms with Gasteiger partial charge in [0.1, 0.15) is 5.41 Å². The van der Waals surface area contributed by atoms with Crippen molar-refractivity contribution in [3.05, 3.63) is 35.5 Å². The molecule has 5 unspecified atom stereocenters. The lowest BCUT2D eigenvalue weighted by Crippen LogP contribution is -2.66. The van der Waals surface area contributed by atoms with Crippen LogP contribution in [-0.4, -0.2) is 47.9 Å². The van der Waals surface area contributed by atoms with Crippen LogP contribution in [0.1, 0.15) is 42.2 Å². The number of carbonyl (C=O) groups excluding carboxylic acids is 2. The van der Waals surface area contributed by atoms with Crippen molar-refractivity contribution in [1.29, 1.82) is 0 Å². The number of Topliss-reactive ketones (excluding diaryl/α,β-unsaturated/α-hetero) is 1. The number of benzene rings is 1. The molecule has 1 aromatic heterocycles. The second kappa shape index (κ2) is 5.43. The lowest BCUT2D eigenvalue weighted by molar-refractivity contribution is -0.161. The van der Waals surface area contributed by atoms with Gasteiger partial charge in [-0.1, -0.05) is 31.5 Å². The predicted molar refractivity (Wildman–Crippen MR) is 98.2 cm³/mol. The van der Waals surface area contributed by atoms with E-state index in [-0.39, 0.29) is 17.8 Å². The summed E-state index contributed by atoms with van der Waals surface area (Å²) in [5.41, 5.74) is 1.66. The second-order valence-electron chi connectivity index (χ2n) is 8.12. The first-order valence-corrected chi connectivity index (χ1v) is 9.57. The largest absolute Gasteiger partial charge is 0.468 e. The highest BCUT2D eigenvalue weighted by Gasteiger charge is 2.62. The third kappa shape index (κ3) is 1.84. The molecule has 5 atom stereocenters. The highest BCUT2D eigenvalue weighted by molar-refractivity contribution is 6.12. The number of ketones is 1. The molecule has 1 saturated carbocycles. The Morgan fingerprint density at radius 3 is 2.92 bits per heavy atom. The summed E-state index contributed by atoms with van der Waals surface area (Å²) >= 11 is 0. The number of hydrogen-bond acceptors (Lipinski definition) is 4. The molecular formula is C21H24N2O3. The zero-order valence-corrected chi connectivity index (χ0v) is 15.2. The van der Waals surface area contributed by atoms with E-state index in [2.05, 4.69) is 16.8 Å². The number of ether oxygens (including phenoxy) is 1. The lowest BCUT2D eigenvalue weighted by atomic mass is 9.56. The molecule has 4 bridgehead atoms. The number of aromatic amines is 1. The van der Waals surface area contributed by atoms with Gasteiger partial charge in [-0.25, -0.2) is 0 Å². The van der Waals surface area contributed by atoms with E-state index in [1.54, 1.807) is 0 Å². The molecule has 136 valence electrons. The van der Waals surface area contributed by atoms with Crippen LogP contribution in [0.3, 0.4) is 0 Å². The fourth-order valence-electron chi connectivity index (χ4n) is 5.98. The number of nitrogens with one attached hydrogen (secondary N) is 1. The van der Waals surface area contributed by atoms with Gasteiger partial charge < -0.3 is 9.72 Å². The van der Waals surface area contributed by atoms with Crippen LogP contribution in [0.25, 0.3) is 10.9 Å². The van der Waals surface area contributed by atoms with Crippen LogP contribution in [-0.2, 0) is 14.9 Å². The molecule has 5 heteroatoms. The summed E-state index contributed by atoms with van der Waals surface area (Å²) < 4.78 is 5.33. The number of carbonyl (C=O) groups is 2. The molecule has 4 heterocycles. The molecule has 5 nitrogen and oxygen atoms in total. The minimum Gasteiger partial charge on any atom is -0.468 e. The normalized spacial score (nSPS) is 35.2. The van der Waals surface area contributed by atoms with Crippen LogP contribution in [0, 0.1) is 11.8 Å². The number of esters is 1. The number of hydrogen-bond donors (Lipinski definition) is 1. The van der Waals surface area contributed by atoms with Gasteiger partial charge in [0.25, 0.3) is 0 Å². The van der Waals surface area contributed by atoms with Gasteiger partial charge in [-0.15, -0.1) is 0 Å². The van der Waals surface area contributed by atoms with Gasteiger partial charge in [-0.05, 0) is 30.7 Å². The second-order valence-corrected chi connectivity index (χ2v) is 8.12. The molecule has 0 amide bonds. The van der Waals surface area contributed by atoms with Crippen molar-refractivity contribution in [1.82, 2.24) is 9.88 Å². The van der Waals surface area contributed by atoms with E-state index < -0.39 is 5.41 Å². The van der Waals surface area contributed by atoms with Crippen LogP contribution in [0.15, 0.2) is 24.3 Å². The average molecular weight is 352 g/mol. The molecule has 6 rings (SSSR count). The van der Waals surface area contributed by atoms with Crippen molar-refractivity contribution in [2.75, 3.05) is 20.2 Å². The summed E-state index contributed by atoms with van der Waals surface area (Å²) in [7, 11) is 1.47. The third-order valence-corrected chi connectivity index (χ3v) is 7.11. The van der Waals surface area contributed by atoms with Gasteiger partial charge in [0.05, 0.1) is 13.7 Å². The quantitative estimate of drug-likeness (QED) is 0.844. The van der Waals surface area contributed by atoms with Crippen molar-refractivity contribution in [3.8, 4) is 0 Å². The monoisotopic (exact) mass is 352 g/mol. The lowest BCUT2D eigenvalue weighted by Gasteiger charge is -2.57. The number of nitrogens with zero attached hydrogens (tertiary/aromatic N) is 1. The fourth-order valence-corrected chi connectivity index (χ4v) is 5.98. The van der Waals surface area contributed by atoms with Gasteiger partial charge in [-0.3, -0.25) is 14.5 Å². The van der Waals surface area contributed by atoms with E-state index in [4.69, 9.17) is 4.74 Å². The summed E-state index contributed by atoms with van der Waals surface area (Å²) in [5.74, 6) is 0.961. The van der Waals surface area contributed by atoms with Crippen LogP contribution in [0.4, 0.5) is 0 Å². The van der Waals surface area contributed by atoms with Crippen molar-refractivity contribution in [3.63, 3.8) is 0 Å². The number of H-pyrrole nitrogens is 1. The van der Waals surface area contributed by atoms with Crippen molar-refractivity contribution >= 4 is 22.7 Å². The smallest absolute Gasteiger partial charge is 0.319 e.